The number of fused-ring (bicyclic) bond motifs is 3. The average Bonchev–Trinajstić information content (AvgIpc) is 2.78. The van der Waals surface area contributed by atoms with E-state index >= 15 is 0 Å². The molecular formula is C30H56. The molecule has 176 valence electrons. The van der Waals surface area contributed by atoms with E-state index in [1.165, 1.54) is 77.0 Å². The number of hydrogen-bond donors (Lipinski definition) is 0. The minimum Gasteiger partial charge on any atom is -0.0654 e. The van der Waals surface area contributed by atoms with Crippen LogP contribution in [-0.4, -0.2) is 0 Å². The Kier molecular flexibility index (Phi) is 11.7. The van der Waals surface area contributed by atoms with Crippen molar-refractivity contribution in [2.75, 3.05) is 0 Å². The van der Waals surface area contributed by atoms with Crippen LogP contribution in [0.5, 0.6) is 0 Å². The summed E-state index contributed by atoms with van der Waals surface area (Å²) in [5.41, 5.74) is 0. The van der Waals surface area contributed by atoms with Gasteiger partial charge >= 0.3 is 0 Å². The average molecular weight is 417 g/mol. The maximum atomic E-state index is 2.34. The minimum atomic E-state index is 1.09. The van der Waals surface area contributed by atoms with Gasteiger partial charge in [0.2, 0.25) is 0 Å². The van der Waals surface area contributed by atoms with E-state index in [0.717, 1.165) is 35.5 Å². The summed E-state index contributed by atoms with van der Waals surface area (Å²) >= 11 is 0. The molecule has 0 bridgehead atoms. The molecule has 3 aliphatic carbocycles. The number of rotatable bonds is 14. The fourth-order valence-electron chi connectivity index (χ4n) is 8.08. The molecule has 0 aromatic rings. The van der Waals surface area contributed by atoms with E-state index in [2.05, 4.69) is 13.8 Å². The third kappa shape index (κ3) is 7.55. The lowest BCUT2D eigenvalue weighted by Gasteiger charge is -2.52. The topological polar surface area (TPSA) is 0 Å². The third-order valence-electron chi connectivity index (χ3n) is 9.73. The summed E-state index contributed by atoms with van der Waals surface area (Å²) in [4.78, 5) is 0. The Labute approximate surface area is 190 Å². The summed E-state index contributed by atoms with van der Waals surface area (Å²) in [6.45, 7) is 4.67. The Morgan fingerprint density at radius 3 is 1.90 bits per heavy atom. The van der Waals surface area contributed by atoms with Gasteiger partial charge in [0.05, 0.1) is 0 Å². The van der Waals surface area contributed by atoms with Crippen LogP contribution in [0.3, 0.4) is 0 Å². The quantitative estimate of drug-likeness (QED) is 0.247. The van der Waals surface area contributed by atoms with Gasteiger partial charge in [0.15, 0.2) is 0 Å². The molecule has 0 aromatic carbocycles. The highest BCUT2D eigenvalue weighted by atomic mass is 14.5. The largest absolute Gasteiger partial charge is 0.0654 e. The summed E-state index contributed by atoms with van der Waals surface area (Å²) in [6, 6.07) is 0. The SMILES string of the molecule is CCCCCCCCCCC1CCCC2C1CCC1CC(CCCCCC)CCC12. The zero-order chi connectivity index (χ0) is 21.0. The van der Waals surface area contributed by atoms with Crippen LogP contribution in [0.2, 0.25) is 0 Å². The molecule has 6 unspecified atom stereocenters. The van der Waals surface area contributed by atoms with Gasteiger partial charge in [0, 0.05) is 0 Å². The molecule has 3 rings (SSSR count). The molecule has 0 nitrogen and oxygen atoms in total. The van der Waals surface area contributed by atoms with Crippen LogP contribution in [0.15, 0.2) is 0 Å². The summed E-state index contributed by atoms with van der Waals surface area (Å²) in [6.07, 6.45) is 33.6. The minimum absolute atomic E-state index is 1.09. The second-order valence-electron chi connectivity index (χ2n) is 11.8. The van der Waals surface area contributed by atoms with Gasteiger partial charge in [-0.05, 0) is 67.6 Å². The molecule has 3 fully saturated rings. The van der Waals surface area contributed by atoms with E-state index in [4.69, 9.17) is 0 Å². The molecule has 30 heavy (non-hydrogen) atoms. The third-order valence-corrected chi connectivity index (χ3v) is 9.73. The summed E-state index contributed by atoms with van der Waals surface area (Å²) in [7, 11) is 0. The smallest absolute Gasteiger partial charge is 0.0352 e. The highest BCUT2D eigenvalue weighted by Gasteiger charge is 2.45. The first-order valence-electron chi connectivity index (χ1n) is 14.8. The lowest BCUT2D eigenvalue weighted by Crippen LogP contribution is -2.43. The molecule has 0 aliphatic heterocycles. The van der Waals surface area contributed by atoms with E-state index in [1.54, 1.807) is 64.2 Å². The Bertz CT molecular complexity index is 426. The van der Waals surface area contributed by atoms with E-state index in [1.807, 2.05) is 0 Å². The van der Waals surface area contributed by atoms with Gasteiger partial charge in [-0.2, -0.15) is 0 Å². The predicted octanol–water partition coefficient (Wildman–Crippen LogP) is 10.3. The Morgan fingerprint density at radius 1 is 0.500 bits per heavy atom. The zero-order valence-electron chi connectivity index (χ0n) is 21.0. The van der Waals surface area contributed by atoms with Crippen molar-refractivity contribution in [2.45, 2.75) is 155 Å². The van der Waals surface area contributed by atoms with Crippen molar-refractivity contribution in [1.29, 1.82) is 0 Å². The molecule has 6 atom stereocenters. The fourth-order valence-corrected chi connectivity index (χ4v) is 8.08. The van der Waals surface area contributed by atoms with E-state index < -0.39 is 0 Å². The first kappa shape index (κ1) is 24.6. The number of hydrogen-bond acceptors (Lipinski definition) is 0. The Morgan fingerprint density at radius 2 is 1.13 bits per heavy atom. The molecule has 0 spiro atoms. The van der Waals surface area contributed by atoms with Crippen LogP contribution in [0.4, 0.5) is 0 Å². The second-order valence-corrected chi connectivity index (χ2v) is 11.8. The highest BCUT2D eigenvalue weighted by Crippen LogP contribution is 2.55. The van der Waals surface area contributed by atoms with Crippen LogP contribution in [0.25, 0.3) is 0 Å². The van der Waals surface area contributed by atoms with Crippen molar-refractivity contribution in [3.8, 4) is 0 Å². The molecule has 0 N–H and O–H groups in total. The fraction of sp³-hybridized carbons (Fsp3) is 1.00. The molecule has 0 amide bonds. The Hall–Kier alpha value is 0. The van der Waals surface area contributed by atoms with Crippen LogP contribution in [0, 0.1) is 35.5 Å². The van der Waals surface area contributed by atoms with Gasteiger partial charge in [-0.1, -0.05) is 123 Å². The highest BCUT2D eigenvalue weighted by molar-refractivity contribution is 4.95. The molecule has 3 aliphatic rings. The normalized spacial score (nSPS) is 33.8. The molecule has 0 radical (unpaired) electrons. The van der Waals surface area contributed by atoms with Gasteiger partial charge in [-0.3, -0.25) is 0 Å². The maximum Gasteiger partial charge on any atom is -0.0352 e. The molecule has 0 saturated heterocycles. The molecule has 0 heteroatoms. The van der Waals surface area contributed by atoms with Gasteiger partial charge in [-0.15, -0.1) is 0 Å². The van der Waals surface area contributed by atoms with Gasteiger partial charge < -0.3 is 0 Å². The standard InChI is InChI=1S/C30H56/c1-3-5-7-9-10-11-12-14-17-26-18-15-19-30-28(26)23-21-27-24-25(20-22-29(27)30)16-13-8-6-4-2/h25-30H,3-24H2,1-2H3. The predicted molar refractivity (Wildman–Crippen MR) is 134 cm³/mol. The first-order chi connectivity index (χ1) is 14.8. The van der Waals surface area contributed by atoms with Crippen LogP contribution < -0.4 is 0 Å². The van der Waals surface area contributed by atoms with Gasteiger partial charge in [0.25, 0.3) is 0 Å². The Balaban J connectivity index is 1.35. The van der Waals surface area contributed by atoms with E-state index in [0.29, 0.717) is 0 Å². The van der Waals surface area contributed by atoms with Gasteiger partial charge in [-0.25, -0.2) is 0 Å². The maximum absolute atomic E-state index is 2.34. The second kappa shape index (κ2) is 14.2. The van der Waals surface area contributed by atoms with Gasteiger partial charge in [0.1, 0.15) is 0 Å². The molecule has 0 heterocycles. The monoisotopic (exact) mass is 416 g/mol. The van der Waals surface area contributed by atoms with Crippen molar-refractivity contribution in [3.63, 3.8) is 0 Å². The van der Waals surface area contributed by atoms with E-state index in [9.17, 15) is 0 Å². The van der Waals surface area contributed by atoms with Crippen LogP contribution in [-0.2, 0) is 0 Å². The summed E-state index contributed by atoms with van der Waals surface area (Å²) in [5.74, 6) is 6.73. The lowest BCUT2D eigenvalue weighted by atomic mass is 9.53. The molecule has 0 aromatic heterocycles. The first-order valence-corrected chi connectivity index (χ1v) is 14.8. The van der Waals surface area contributed by atoms with Crippen molar-refractivity contribution < 1.29 is 0 Å². The van der Waals surface area contributed by atoms with Crippen LogP contribution in [0.1, 0.15) is 155 Å². The van der Waals surface area contributed by atoms with Crippen molar-refractivity contribution in [2.24, 2.45) is 35.5 Å². The molecular weight excluding hydrogens is 360 g/mol. The lowest BCUT2D eigenvalue weighted by molar-refractivity contribution is -0.0191. The zero-order valence-corrected chi connectivity index (χ0v) is 21.0. The van der Waals surface area contributed by atoms with E-state index in [-0.39, 0.29) is 0 Å². The summed E-state index contributed by atoms with van der Waals surface area (Å²) in [5, 5.41) is 0. The molecule has 3 saturated carbocycles. The van der Waals surface area contributed by atoms with Crippen molar-refractivity contribution in [3.05, 3.63) is 0 Å². The number of unbranched alkanes of at least 4 members (excludes halogenated alkanes) is 10. The van der Waals surface area contributed by atoms with Crippen molar-refractivity contribution in [1.82, 2.24) is 0 Å². The van der Waals surface area contributed by atoms with Crippen LogP contribution >= 0.6 is 0 Å². The summed E-state index contributed by atoms with van der Waals surface area (Å²) < 4.78 is 0. The van der Waals surface area contributed by atoms with Crippen molar-refractivity contribution >= 4 is 0 Å².